The Bertz CT molecular complexity index is 1460. The molecule has 10 atom stereocenters. The first kappa shape index (κ1) is 34.6. The van der Waals surface area contributed by atoms with Gasteiger partial charge in [-0.15, -0.1) is 0 Å². The van der Waals surface area contributed by atoms with Crippen LogP contribution in [-0.4, -0.2) is 139 Å². The van der Waals surface area contributed by atoms with Crippen molar-refractivity contribution in [3.05, 3.63) is 65.2 Å². The predicted octanol–water partition coefficient (Wildman–Crippen LogP) is -1.84. The van der Waals surface area contributed by atoms with Gasteiger partial charge in [0.05, 0.1) is 12.7 Å². The molecule has 3 aliphatic rings. The van der Waals surface area contributed by atoms with Gasteiger partial charge in [-0.1, -0.05) is 36.6 Å². The number of aliphatic hydroxyl groups excluding tert-OH is 10. The third kappa shape index (κ3) is 6.04. The minimum Gasteiger partial charge on any atom is -0.396 e. The first-order valence-electron chi connectivity index (χ1n) is 15.4. The molecule has 250 valence electrons. The van der Waals surface area contributed by atoms with Crippen molar-refractivity contribution in [3.8, 4) is 23.0 Å². The molecule has 0 radical (unpaired) electrons. The molecule has 2 saturated heterocycles. The number of hydrogen-bond acceptors (Lipinski definition) is 12. The minimum absolute atomic E-state index is 0.0476. The van der Waals surface area contributed by atoms with Crippen molar-refractivity contribution in [1.29, 1.82) is 0 Å². The predicted molar refractivity (Wildman–Crippen MR) is 164 cm³/mol. The summed E-state index contributed by atoms with van der Waals surface area (Å²) in [6.45, 7) is 2.86. The summed E-state index contributed by atoms with van der Waals surface area (Å²) in [4.78, 5) is 0. The van der Waals surface area contributed by atoms with E-state index in [2.05, 4.69) is 18.4 Å². The molecule has 0 unspecified atom stereocenters. The van der Waals surface area contributed by atoms with Crippen LogP contribution in [-0.2, 0) is 14.9 Å². The van der Waals surface area contributed by atoms with Crippen molar-refractivity contribution in [3.63, 3.8) is 0 Å². The molecule has 2 heterocycles. The molecule has 10 N–H and O–H groups in total. The van der Waals surface area contributed by atoms with Crippen molar-refractivity contribution < 1.29 is 60.5 Å². The van der Waals surface area contributed by atoms with Gasteiger partial charge in [0.1, 0.15) is 54.9 Å². The molecule has 2 aromatic carbocycles. The van der Waals surface area contributed by atoms with E-state index in [0.29, 0.717) is 16.7 Å². The maximum absolute atomic E-state index is 10.8. The number of hydrogen-bond donors (Lipinski definition) is 10. The summed E-state index contributed by atoms with van der Waals surface area (Å²) in [5.41, 5.74) is 3.87. The summed E-state index contributed by atoms with van der Waals surface area (Å²) in [7, 11) is 0. The van der Waals surface area contributed by atoms with E-state index in [1.54, 1.807) is 12.1 Å². The van der Waals surface area contributed by atoms with Crippen molar-refractivity contribution >= 4 is 5.57 Å². The van der Waals surface area contributed by atoms with E-state index in [4.69, 9.17) is 9.47 Å². The molecule has 2 fully saturated rings. The van der Waals surface area contributed by atoms with Crippen LogP contribution in [0, 0.1) is 11.8 Å². The summed E-state index contributed by atoms with van der Waals surface area (Å²) in [6, 6.07) is 11.0. The largest absolute Gasteiger partial charge is 0.396 e. The molecule has 5 rings (SSSR count). The van der Waals surface area contributed by atoms with Gasteiger partial charge in [-0.3, -0.25) is 0 Å². The maximum atomic E-state index is 10.8. The first-order valence-corrected chi connectivity index (χ1v) is 15.4. The lowest BCUT2D eigenvalue weighted by molar-refractivity contribution is -0.214. The van der Waals surface area contributed by atoms with E-state index >= 15 is 0 Å². The van der Waals surface area contributed by atoms with Crippen LogP contribution in [0.25, 0.3) is 16.7 Å². The van der Waals surface area contributed by atoms with E-state index < -0.39 is 73.1 Å². The van der Waals surface area contributed by atoms with Gasteiger partial charge in [-0.2, -0.15) is 0 Å². The molecule has 0 bridgehead atoms. The number of fused-ring (bicyclic) bond motifs is 3. The van der Waals surface area contributed by atoms with Crippen LogP contribution in [0.1, 0.15) is 41.5 Å². The average molecular weight is 643 g/mol. The number of aliphatic hydroxyl groups is 10. The fraction of sp³-hybridized carbons (Fsp3) is 0.529. The summed E-state index contributed by atoms with van der Waals surface area (Å²) >= 11 is 0. The molecule has 0 aromatic heterocycles. The van der Waals surface area contributed by atoms with E-state index in [9.17, 15) is 51.1 Å². The number of benzene rings is 2. The van der Waals surface area contributed by atoms with Crippen molar-refractivity contribution in [1.82, 2.24) is 0 Å². The van der Waals surface area contributed by atoms with Gasteiger partial charge in [0.15, 0.2) is 0 Å². The molecule has 0 spiro atoms. The summed E-state index contributed by atoms with van der Waals surface area (Å²) < 4.78 is 11.4. The molecule has 46 heavy (non-hydrogen) atoms. The van der Waals surface area contributed by atoms with Gasteiger partial charge in [-0.25, -0.2) is 0 Å². The topological polar surface area (TPSA) is 221 Å². The maximum Gasteiger partial charge on any atom is 0.147 e. The molecule has 2 aromatic rings. The Morgan fingerprint density at radius 2 is 1.30 bits per heavy atom. The molecular formula is C34H42O12. The zero-order valence-corrected chi connectivity index (χ0v) is 25.2. The Hall–Kier alpha value is -2.74. The van der Waals surface area contributed by atoms with Gasteiger partial charge in [0.25, 0.3) is 0 Å². The van der Waals surface area contributed by atoms with Gasteiger partial charge in [0, 0.05) is 30.8 Å². The quantitative estimate of drug-likeness (QED) is 0.136. The third-order valence-electron chi connectivity index (χ3n) is 9.53. The van der Waals surface area contributed by atoms with E-state index in [0.717, 1.165) is 22.3 Å². The lowest BCUT2D eigenvalue weighted by Gasteiger charge is -2.41. The Morgan fingerprint density at radius 3 is 1.93 bits per heavy atom. The van der Waals surface area contributed by atoms with Crippen LogP contribution in [0.2, 0.25) is 0 Å². The highest BCUT2D eigenvalue weighted by atomic mass is 16.5. The second kappa shape index (κ2) is 14.2. The highest BCUT2D eigenvalue weighted by molar-refractivity contribution is 5.84. The van der Waals surface area contributed by atoms with Crippen LogP contribution in [0.3, 0.4) is 0 Å². The van der Waals surface area contributed by atoms with Crippen molar-refractivity contribution in [2.45, 2.75) is 85.7 Å². The van der Waals surface area contributed by atoms with Crippen LogP contribution in [0.4, 0.5) is 0 Å². The molecular weight excluding hydrogens is 600 g/mol. The van der Waals surface area contributed by atoms with E-state index in [1.807, 2.05) is 24.3 Å². The fourth-order valence-electron chi connectivity index (χ4n) is 6.96. The second-order valence-electron chi connectivity index (χ2n) is 12.2. The zero-order chi connectivity index (χ0) is 33.3. The van der Waals surface area contributed by atoms with Gasteiger partial charge < -0.3 is 60.5 Å². The smallest absolute Gasteiger partial charge is 0.147 e. The minimum atomic E-state index is -1.56. The molecule has 12 nitrogen and oxygen atoms in total. The normalized spacial score (nSPS) is 33.1. The Morgan fingerprint density at radius 1 is 0.696 bits per heavy atom. The average Bonchev–Trinajstić information content (AvgIpc) is 3.31. The van der Waals surface area contributed by atoms with Gasteiger partial charge in [-0.05, 0) is 70.9 Å². The van der Waals surface area contributed by atoms with Crippen LogP contribution in [0.5, 0.6) is 0 Å². The molecule has 12 heteroatoms. The lowest BCUT2D eigenvalue weighted by atomic mass is 9.72. The van der Waals surface area contributed by atoms with Gasteiger partial charge in [0.2, 0.25) is 0 Å². The summed E-state index contributed by atoms with van der Waals surface area (Å²) in [6.07, 6.45) is -12.7. The SMILES string of the molecule is C=C(c1ccc2c(c1)C(CCO)(CCO)c1cc(C#C[C@H]3O[C@H](CO)[C@@H](O)[C@H](O)[C@@H]3O)ccc1-2)[C@H]1O[C@H](CCO)[C@@H](O)[C@H](O)[C@@H]1O. The first-order chi connectivity index (χ1) is 22.0. The van der Waals surface area contributed by atoms with Crippen LogP contribution >= 0.6 is 0 Å². The highest BCUT2D eigenvalue weighted by Gasteiger charge is 2.46. The summed E-state index contributed by atoms with van der Waals surface area (Å²) in [5.74, 6) is 5.73. The standard InChI is InChI=1S/C34H42O12/c1-17(33-32(44)31(43)28(40)25(46-33)8-11-35)19-4-6-21-20-5-2-18(3-7-24-27(39)30(42)29(41)26(16-38)45-24)14-22(20)34(9-12-36,10-13-37)23(21)15-19/h2,4-6,14-15,24-33,35-44H,1,8-13,16H2/t24-,25-,26-,27-,28-,29-,30-,31+,32+,33-/m1/s1. The highest BCUT2D eigenvalue weighted by Crippen LogP contribution is 2.53. The zero-order valence-electron chi connectivity index (χ0n) is 25.2. The molecule has 1 aliphatic carbocycles. The Labute approximate surface area is 266 Å². The van der Waals surface area contributed by atoms with Crippen LogP contribution in [0.15, 0.2) is 43.0 Å². The third-order valence-corrected chi connectivity index (χ3v) is 9.53. The van der Waals surface area contributed by atoms with E-state index in [-0.39, 0.29) is 39.1 Å². The van der Waals surface area contributed by atoms with Crippen molar-refractivity contribution in [2.75, 3.05) is 26.4 Å². The monoisotopic (exact) mass is 642 g/mol. The lowest BCUT2D eigenvalue weighted by Crippen LogP contribution is -2.58. The second-order valence-corrected chi connectivity index (χ2v) is 12.2. The fourth-order valence-corrected chi connectivity index (χ4v) is 6.96. The number of rotatable bonds is 9. The molecule has 0 saturated carbocycles. The number of ether oxygens (including phenoxy) is 2. The Balaban J connectivity index is 1.51. The molecule has 2 aliphatic heterocycles. The van der Waals surface area contributed by atoms with Crippen LogP contribution < -0.4 is 0 Å². The van der Waals surface area contributed by atoms with Crippen molar-refractivity contribution in [2.24, 2.45) is 0 Å². The van der Waals surface area contributed by atoms with Gasteiger partial charge >= 0.3 is 0 Å². The Kier molecular flexibility index (Phi) is 10.7. The molecule has 0 amide bonds. The van der Waals surface area contributed by atoms with E-state index in [1.165, 1.54) is 0 Å². The summed E-state index contributed by atoms with van der Waals surface area (Å²) in [5, 5.41) is 102.